The first-order valence-corrected chi connectivity index (χ1v) is 10.1. The van der Waals surface area contributed by atoms with E-state index in [1.165, 1.54) is 6.08 Å². The van der Waals surface area contributed by atoms with E-state index < -0.39 is 12.1 Å². The zero-order valence-corrected chi connectivity index (χ0v) is 18.1. The molecule has 0 heterocycles. The Balaban J connectivity index is 1.99. The van der Waals surface area contributed by atoms with Crippen molar-refractivity contribution in [3.63, 3.8) is 0 Å². The van der Waals surface area contributed by atoms with Crippen molar-refractivity contribution >= 4 is 29.5 Å². The number of carbonyl (C=O) groups excluding carboxylic acids is 2. The monoisotopic (exact) mass is 421 g/mol. The highest BCUT2D eigenvalue weighted by atomic mass is 16.5. The molecule has 0 spiro atoms. The minimum Gasteiger partial charge on any atom is -0.462 e. The van der Waals surface area contributed by atoms with Crippen molar-refractivity contribution < 1.29 is 19.1 Å². The molecule has 0 atom stereocenters. The number of esters is 1. The quantitative estimate of drug-likeness (QED) is 0.363. The van der Waals surface area contributed by atoms with Gasteiger partial charge in [0, 0.05) is 17.9 Å². The summed E-state index contributed by atoms with van der Waals surface area (Å²) in [6.07, 6.45) is 1.03. The molecule has 7 heteroatoms. The number of hydrogen-bond acceptors (Lipinski definition) is 6. The van der Waals surface area contributed by atoms with Crippen LogP contribution in [0.4, 0.5) is 16.2 Å². The van der Waals surface area contributed by atoms with E-state index in [9.17, 15) is 14.9 Å². The van der Waals surface area contributed by atoms with Gasteiger partial charge in [0.25, 0.3) is 0 Å². The van der Waals surface area contributed by atoms with Crippen LogP contribution in [0.25, 0.3) is 6.08 Å². The third-order valence-corrected chi connectivity index (χ3v) is 4.53. The van der Waals surface area contributed by atoms with E-state index in [0.29, 0.717) is 12.2 Å². The highest BCUT2D eigenvalue weighted by molar-refractivity contribution is 5.98. The number of anilines is 2. The van der Waals surface area contributed by atoms with Crippen LogP contribution in [-0.2, 0) is 14.3 Å². The fraction of sp³-hybridized carbons (Fsp3) is 0.292. The average molecular weight is 421 g/mol. The summed E-state index contributed by atoms with van der Waals surface area (Å²) in [6, 6.07) is 16.7. The van der Waals surface area contributed by atoms with Gasteiger partial charge in [-0.3, -0.25) is 5.32 Å². The number of para-hydroxylation sites is 1. The van der Waals surface area contributed by atoms with Crippen LogP contribution in [0.5, 0.6) is 0 Å². The number of rotatable bonds is 9. The van der Waals surface area contributed by atoms with Gasteiger partial charge in [0.2, 0.25) is 0 Å². The Morgan fingerprint density at radius 3 is 2.48 bits per heavy atom. The Hall–Kier alpha value is -3.79. The number of aryl methyl sites for hydroxylation is 1. The van der Waals surface area contributed by atoms with Gasteiger partial charge in [-0.2, -0.15) is 5.26 Å². The molecule has 0 fully saturated rings. The molecule has 1 amide bonds. The Kier molecular flexibility index (Phi) is 9.12. The number of ether oxygens (including phenoxy) is 2. The summed E-state index contributed by atoms with van der Waals surface area (Å²) in [4.78, 5) is 25.8. The van der Waals surface area contributed by atoms with Gasteiger partial charge in [-0.15, -0.1) is 0 Å². The van der Waals surface area contributed by atoms with Gasteiger partial charge in [0.05, 0.1) is 13.2 Å². The fourth-order valence-corrected chi connectivity index (χ4v) is 2.91. The lowest BCUT2D eigenvalue weighted by atomic mass is 10.0. The topological polar surface area (TPSA) is 91.7 Å². The molecule has 2 aromatic rings. The Morgan fingerprint density at radius 2 is 1.87 bits per heavy atom. The van der Waals surface area contributed by atoms with E-state index in [1.54, 1.807) is 19.1 Å². The minimum absolute atomic E-state index is 0.0390. The molecule has 1 N–H and O–H groups in total. The van der Waals surface area contributed by atoms with Gasteiger partial charge < -0.3 is 14.4 Å². The lowest BCUT2D eigenvalue weighted by molar-refractivity contribution is -0.137. The lowest BCUT2D eigenvalue weighted by Gasteiger charge is -2.23. The molecule has 0 aromatic heterocycles. The van der Waals surface area contributed by atoms with Gasteiger partial charge in [-0.1, -0.05) is 24.3 Å². The van der Waals surface area contributed by atoms with Gasteiger partial charge in [0.15, 0.2) is 0 Å². The van der Waals surface area contributed by atoms with E-state index in [4.69, 9.17) is 9.47 Å². The van der Waals surface area contributed by atoms with Crippen LogP contribution in [0.2, 0.25) is 0 Å². The molecule has 7 nitrogen and oxygen atoms in total. The number of nitrogens with zero attached hydrogens (tertiary/aromatic N) is 2. The first kappa shape index (κ1) is 23.5. The minimum atomic E-state index is -0.630. The standard InChI is InChI=1S/C24H27N3O4/c1-4-27(13-14-31-24(29)26-21-9-7-6-8-10-21)22-12-11-19(18(3)15-22)16-20(17-25)23(28)30-5-2/h6-12,15-16H,4-5,13-14H2,1-3H3,(H,26,29). The van der Waals surface area contributed by atoms with E-state index in [-0.39, 0.29) is 18.8 Å². The number of likely N-dealkylation sites (N-methyl/N-ethyl adjacent to an activating group) is 1. The van der Waals surface area contributed by atoms with E-state index >= 15 is 0 Å². The third kappa shape index (κ3) is 7.19. The zero-order valence-electron chi connectivity index (χ0n) is 18.1. The van der Waals surface area contributed by atoms with Crippen LogP contribution in [-0.4, -0.2) is 38.4 Å². The Morgan fingerprint density at radius 1 is 1.13 bits per heavy atom. The summed E-state index contributed by atoms with van der Waals surface area (Å²) in [5.41, 5.74) is 3.28. The SMILES string of the molecule is CCOC(=O)C(C#N)=Cc1ccc(N(CC)CCOC(=O)Nc2ccccc2)cc1C. The van der Waals surface area contributed by atoms with Crippen LogP contribution >= 0.6 is 0 Å². The molecule has 0 bridgehead atoms. The summed E-state index contributed by atoms with van der Waals surface area (Å²) < 4.78 is 10.2. The number of carbonyl (C=O) groups is 2. The van der Waals surface area contributed by atoms with Crippen LogP contribution in [0.15, 0.2) is 54.1 Å². The molecule has 0 aliphatic heterocycles. The lowest BCUT2D eigenvalue weighted by Crippen LogP contribution is -2.29. The van der Waals surface area contributed by atoms with Gasteiger partial charge >= 0.3 is 12.1 Å². The highest BCUT2D eigenvalue weighted by Crippen LogP contribution is 2.21. The molecule has 0 radical (unpaired) electrons. The predicted octanol–water partition coefficient (Wildman–Crippen LogP) is 4.54. The second-order valence-electron chi connectivity index (χ2n) is 6.64. The van der Waals surface area contributed by atoms with Crippen LogP contribution in [0, 0.1) is 18.3 Å². The van der Waals surface area contributed by atoms with E-state index in [0.717, 1.165) is 23.4 Å². The molecular formula is C24H27N3O4. The summed E-state index contributed by atoms with van der Waals surface area (Å²) in [5, 5.41) is 11.9. The van der Waals surface area contributed by atoms with Crippen molar-refractivity contribution in [2.45, 2.75) is 20.8 Å². The zero-order chi connectivity index (χ0) is 22.6. The molecule has 0 saturated heterocycles. The van der Waals surface area contributed by atoms with Crippen molar-refractivity contribution in [3.05, 3.63) is 65.2 Å². The largest absolute Gasteiger partial charge is 0.462 e. The molecule has 0 aliphatic carbocycles. The van der Waals surface area contributed by atoms with Crippen LogP contribution in [0.1, 0.15) is 25.0 Å². The first-order valence-electron chi connectivity index (χ1n) is 10.1. The molecule has 2 rings (SSSR count). The molecule has 2 aromatic carbocycles. The van der Waals surface area contributed by atoms with Crippen molar-refractivity contribution in [2.24, 2.45) is 0 Å². The van der Waals surface area contributed by atoms with Gasteiger partial charge in [-0.25, -0.2) is 9.59 Å². The van der Waals surface area contributed by atoms with Crippen molar-refractivity contribution in [1.29, 1.82) is 5.26 Å². The first-order chi connectivity index (χ1) is 15.0. The van der Waals surface area contributed by atoms with Crippen molar-refractivity contribution in [2.75, 3.05) is 36.5 Å². The summed E-state index contributed by atoms with van der Waals surface area (Å²) >= 11 is 0. The van der Waals surface area contributed by atoms with Gasteiger partial charge in [-0.05, 0) is 62.2 Å². The average Bonchev–Trinajstić information content (AvgIpc) is 2.76. The second kappa shape index (κ2) is 12.0. The maximum absolute atomic E-state index is 11.9. The third-order valence-electron chi connectivity index (χ3n) is 4.53. The molecule has 0 unspecified atom stereocenters. The van der Waals surface area contributed by atoms with E-state index in [2.05, 4.69) is 10.2 Å². The van der Waals surface area contributed by atoms with Crippen LogP contribution < -0.4 is 10.2 Å². The smallest absolute Gasteiger partial charge is 0.411 e. The Bertz CT molecular complexity index is 965. The summed E-state index contributed by atoms with van der Waals surface area (Å²) in [7, 11) is 0. The number of nitrogens with one attached hydrogen (secondary N) is 1. The molecule has 0 saturated carbocycles. The number of benzene rings is 2. The molecular weight excluding hydrogens is 394 g/mol. The van der Waals surface area contributed by atoms with Crippen molar-refractivity contribution in [3.8, 4) is 6.07 Å². The second-order valence-corrected chi connectivity index (χ2v) is 6.64. The maximum atomic E-state index is 11.9. The van der Waals surface area contributed by atoms with E-state index in [1.807, 2.05) is 56.3 Å². The summed E-state index contributed by atoms with van der Waals surface area (Å²) in [6.45, 7) is 7.32. The predicted molar refractivity (Wildman–Crippen MR) is 121 cm³/mol. The molecule has 162 valence electrons. The Labute approximate surface area is 182 Å². The normalized spacial score (nSPS) is 10.7. The van der Waals surface area contributed by atoms with Crippen molar-refractivity contribution in [1.82, 2.24) is 0 Å². The molecule has 31 heavy (non-hydrogen) atoms. The summed E-state index contributed by atoms with van der Waals surface area (Å²) in [5.74, 6) is -0.630. The fourth-order valence-electron chi connectivity index (χ4n) is 2.91. The highest BCUT2D eigenvalue weighted by Gasteiger charge is 2.12. The number of nitriles is 1. The molecule has 0 aliphatic rings. The van der Waals surface area contributed by atoms with Gasteiger partial charge in [0.1, 0.15) is 18.2 Å². The number of amides is 1. The van der Waals surface area contributed by atoms with Crippen LogP contribution in [0.3, 0.4) is 0 Å². The maximum Gasteiger partial charge on any atom is 0.411 e. The number of hydrogen-bond donors (Lipinski definition) is 1.